The van der Waals surface area contributed by atoms with E-state index in [1.54, 1.807) is 24.8 Å². The number of anilines is 2. The van der Waals surface area contributed by atoms with Gasteiger partial charge in [-0.2, -0.15) is 0 Å². The summed E-state index contributed by atoms with van der Waals surface area (Å²) in [6, 6.07) is 16.3. The molecule has 2 aliphatic rings. The predicted octanol–water partition coefficient (Wildman–Crippen LogP) is 3.86. The van der Waals surface area contributed by atoms with E-state index >= 15 is 0 Å². The van der Waals surface area contributed by atoms with Crippen molar-refractivity contribution >= 4 is 28.8 Å². The van der Waals surface area contributed by atoms with Crippen molar-refractivity contribution in [2.75, 3.05) is 23.3 Å². The van der Waals surface area contributed by atoms with Crippen LogP contribution in [0, 0.1) is 0 Å². The second-order valence-corrected chi connectivity index (χ2v) is 8.68. The number of imide groups is 1. The molecule has 5 rings (SSSR count). The first-order valence-corrected chi connectivity index (χ1v) is 11.1. The second kappa shape index (κ2) is 8.60. The number of hydrogen-bond acceptors (Lipinski definition) is 6. The fourth-order valence-electron chi connectivity index (χ4n) is 4.54. The quantitative estimate of drug-likeness (QED) is 0.420. The molecule has 0 spiro atoms. The van der Waals surface area contributed by atoms with E-state index < -0.39 is 11.8 Å². The van der Waals surface area contributed by atoms with Crippen molar-refractivity contribution in [1.29, 1.82) is 0 Å². The number of rotatable bonds is 4. The van der Waals surface area contributed by atoms with Crippen molar-refractivity contribution in [3.8, 4) is 11.1 Å². The van der Waals surface area contributed by atoms with Crippen LogP contribution >= 0.6 is 0 Å². The summed E-state index contributed by atoms with van der Waals surface area (Å²) < 4.78 is 5.17. The Morgan fingerprint density at radius 1 is 0.939 bits per heavy atom. The van der Waals surface area contributed by atoms with Gasteiger partial charge in [0.15, 0.2) is 0 Å². The molecular weight excluding hydrogens is 416 g/mol. The Balaban J connectivity index is 1.39. The van der Waals surface area contributed by atoms with E-state index in [2.05, 4.69) is 46.8 Å². The van der Waals surface area contributed by atoms with Crippen molar-refractivity contribution in [2.24, 2.45) is 0 Å². The summed E-state index contributed by atoms with van der Waals surface area (Å²) in [5.74, 6) is -0.820. The van der Waals surface area contributed by atoms with Crippen molar-refractivity contribution < 1.29 is 14.0 Å². The lowest BCUT2D eigenvalue weighted by Crippen LogP contribution is -2.54. The van der Waals surface area contributed by atoms with Gasteiger partial charge < -0.3 is 20.0 Å². The Kier molecular flexibility index (Phi) is 5.48. The third kappa shape index (κ3) is 4.27. The minimum Gasteiger partial charge on any atom is -0.472 e. The second-order valence-electron chi connectivity index (χ2n) is 8.68. The lowest BCUT2D eigenvalue weighted by molar-refractivity contribution is -0.114. The summed E-state index contributed by atoms with van der Waals surface area (Å²) in [4.78, 5) is 27.4. The highest BCUT2D eigenvalue weighted by atomic mass is 16.3. The molecule has 0 bridgehead atoms. The molecule has 2 aliphatic heterocycles. The fourth-order valence-corrected chi connectivity index (χ4v) is 4.54. The summed E-state index contributed by atoms with van der Waals surface area (Å²) in [6.07, 6.45) is 4.88. The zero-order valence-corrected chi connectivity index (χ0v) is 18.6. The van der Waals surface area contributed by atoms with Crippen LogP contribution < -0.4 is 20.9 Å². The van der Waals surface area contributed by atoms with Gasteiger partial charge in [-0.1, -0.05) is 6.07 Å². The van der Waals surface area contributed by atoms with Crippen LogP contribution in [0.4, 0.5) is 11.4 Å². The zero-order chi connectivity index (χ0) is 22.9. The SMILES string of the molecule is CC1CN(c2ccc(N/C=C3\C(=O)NC(=O)c4ccc(-c5ccoc5)cc43)cc2)CC(C)N1. The van der Waals surface area contributed by atoms with E-state index in [9.17, 15) is 9.59 Å². The Bertz CT molecular complexity index is 1200. The highest BCUT2D eigenvalue weighted by molar-refractivity contribution is 6.31. The first kappa shape index (κ1) is 21.0. The maximum atomic E-state index is 12.6. The zero-order valence-electron chi connectivity index (χ0n) is 18.6. The van der Waals surface area contributed by atoms with Gasteiger partial charge in [-0.3, -0.25) is 14.9 Å². The largest absolute Gasteiger partial charge is 0.472 e. The number of carbonyl (C=O) groups is 2. The molecule has 168 valence electrons. The first-order chi connectivity index (χ1) is 16.0. The number of carbonyl (C=O) groups excluding carboxylic acids is 2. The highest BCUT2D eigenvalue weighted by Crippen LogP contribution is 2.30. The number of benzene rings is 2. The third-order valence-corrected chi connectivity index (χ3v) is 6.05. The van der Waals surface area contributed by atoms with Crippen molar-refractivity contribution in [1.82, 2.24) is 10.6 Å². The van der Waals surface area contributed by atoms with E-state index in [-0.39, 0.29) is 0 Å². The number of fused-ring (bicyclic) bond motifs is 1. The van der Waals surface area contributed by atoms with E-state index in [1.165, 1.54) is 5.69 Å². The highest BCUT2D eigenvalue weighted by Gasteiger charge is 2.27. The van der Waals surface area contributed by atoms with Crippen LogP contribution in [0.25, 0.3) is 16.7 Å². The molecule has 7 nitrogen and oxygen atoms in total. The summed E-state index contributed by atoms with van der Waals surface area (Å²) in [5, 5.41) is 9.18. The third-order valence-electron chi connectivity index (χ3n) is 6.05. The molecule has 2 unspecified atom stereocenters. The molecule has 1 fully saturated rings. The molecule has 1 aromatic heterocycles. The van der Waals surface area contributed by atoms with Gasteiger partial charge in [0.25, 0.3) is 11.8 Å². The van der Waals surface area contributed by atoms with Gasteiger partial charge in [0, 0.05) is 59.4 Å². The van der Waals surface area contributed by atoms with Crippen molar-refractivity contribution in [2.45, 2.75) is 25.9 Å². The van der Waals surface area contributed by atoms with Gasteiger partial charge in [-0.25, -0.2) is 0 Å². The molecule has 2 atom stereocenters. The smallest absolute Gasteiger partial charge is 0.260 e. The molecule has 3 aromatic rings. The van der Waals surface area contributed by atoms with Crippen LogP contribution in [0.15, 0.2) is 71.7 Å². The standard InChI is InChI=1S/C26H26N4O3/c1-16-13-30(14-17(2)28-16)21-6-4-20(5-7-21)27-12-24-23-11-18(19-9-10-33-15-19)3-8-22(23)25(31)29-26(24)32/h3-12,15-17,27-28H,13-14H2,1-2H3,(H,29,31,32)/b24-12-. The van der Waals surface area contributed by atoms with E-state index in [4.69, 9.17) is 4.42 Å². The van der Waals surface area contributed by atoms with Crippen LogP contribution in [0.1, 0.15) is 29.8 Å². The molecule has 2 amide bonds. The number of nitrogens with zero attached hydrogens (tertiary/aromatic N) is 1. The van der Waals surface area contributed by atoms with Crippen LogP contribution in [-0.2, 0) is 4.79 Å². The number of furan rings is 1. The molecule has 33 heavy (non-hydrogen) atoms. The van der Waals surface area contributed by atoms with E-state index in [0.29, 0.717) is 28.8 Å². The summed E-state index contributed by atoms with van der Waals surface area (Å²) in [5.41, 5.74) is 5.26. The normalized spacial score (nSPS) is 21.6. The maximum absolute atomic E-state index is 12.6. The summed E-state index contributed by atoms with van der Waals surface area (Å²) >= 11 is 0. The number of hydrogen-bond donors (Lipinski definition) is 3. The fraction of sp³-hybridized carbons (Fsp3) is 0.231. The topological polar surface area (TPSA) is 86.6 Å². The van der Waals surface area contributed by atoms with Crippen molar-refractivity contribution in [3.05, 3.63) is 78.4 Å². The molecule has 3 N–H and O–H groups in total. The Labute approximate surface area is 192 Å². The van der Waals surface area contributed by atoms with Gasteiger partial charge >= 0.3 is 0 Å². The molecular formula is C26H26N4O3. The van der Waals surface area contributed by atoms with Crippen LogP contribution in [0.2, 0.25) is 0 Å². The van der Waals surface area contributed by atoms with Gasteiger partial charge in [-0.05, 0) is 61.9 Å². The van der Waals surface area contributed by atoms with Gasteiger partial charge in [0.1, 0.15) is 0 Å². The Morgan fingerprint density at radius 2 is 1.70 bits per heavy atom. The minimum absolute atomic E-state index is 0.394. The molecule has 0 radical (unpaired) electrons. The minimum atomic E-state index is -0.426. The van der Waals surface area contributed by atoms with Crippen molar-refractivity contribution in [3.63, 3.8) is 0 Å². The van der Waals surface area contributed by atoms with Gasteiger partial charge in [0.2, 0.25) is 0 Å². The van der Waals surface area contributed by atoms with Gasteiger partial charge in [0.05, 0.1) is 18.1 Å². The summed E-state index contributed by atoms with van der Waals surface area (Å²) in [6.45, 7) is 6.32. The average Bonchev–Trinajstić information content (AvgIpc) is 3.33. The predicted molar refractivity (Wildman–Crippen MR) is 129 cm³/mol. The van der Waals surface area contributed by atoms with Crippen LogP contribution in [0.3, 0.4) is 0 Å². The molecule has 0 aliphatic carbocycles. The maximum Gasteiger partial charge on any atom is 0.260 e. The number of nitrogens with one attached hydrogen (secondary N) is 3. The van der Waals surface area contributed by atoms with Crippen LogP contribution in [-0.4, -0.2) is 37.0 Å². The summed E-state index contributed by atoms with van der Waals surface area (Å²) in [7, 11) is 0. The first-order valence-electron chi connectivity index (χ1n) is 11.1. The lowest BCUT2D eigenvalue weighted by Gasteiger charge is -2.37. The molecule has 2 aromatic carbocycles. The van der Waals surface area contributed by atoms with E-state index in [0.717, 1.165) is 29.9 Å². The molecule has 3 heterocycles. The Hall–Kier alpha value is -3.84. The lowest BCUT2D eigenvalue weighted by atomic mass is 9.92. The number of piperazine rings is 1. The molecule has 0 saturated carbocycles. The molecule has 7 heteroatoms. The monoisotopic (exact) mass is 442 g/mol. The number of amides is 2. The van der Waals surface area contributed by atoms with E-state index in [1.807, 2.05) is 30.3 Å². The average molecular weight is 443 g/mol. The molecule has 1 saturated heterocycles. The van der Waals surface area contributed by atoms with Crippen LogP contribution in [0.5, 0.6) is 0 Å². The van der Waals surface area contributed by atoms with Gasteiger partial charge in [-0.15, -0.1) is 0 Å². The Morgan fingerprint density at radius 3 is 2.39 bits per heavy atom.